The molecule has 2 saturated carbocycles. The Kier molecular flexibility index (Phi) is 9.80. The van der Waals surface area contributed by atoms with Crippen LogP contribution in [0.2, 0.25) is 0 Å². The summed E-state index contributed by atoms with van der Waals surface area (Å²) in [6.07, 6.45) is -2.00. The molecule has 0 unspecified atom stereocenters. The number of hydrogen-bond donors (Lipinski definition) is 0. The van der Waals surface area contributed by atoms with E-state index in [2.05, 4.69) is 23.7 Å². The van der Waals surface area contributed by atoms with Crippen LogP contribution in [0.15, 0.2) is 34.1 Å². The summed E-state index contributed by atoms with van der Waals surface area (Å²) in [7, 11) is 0. The summed E-state index contributed by atoms with van der Waals surface area (Å²) in [6, 6.07) is 5.60. The van der Waals surface area contributed by atoms with Gasteiger partial charge >= 0.3 is 12.4 Å². The summed E-state index contributed by atoms with van der Waals surface area (Å²) >= 11 is 0.925. The largest absolute Gasteiger partial charge is 0.417 e. The Hall–Kier alpha value is -2.51. The summed E-state index contributed by atoms with van der Waals surface area (Å²) in [4.78, 5) is 0.430. The molecule has 220 valence electrons. The molecule has 0 nitrogen and oxygen atoms in total. The van der Waals surface area contributed by atoms with E-state index in [4.69, 9.17) is 0 Å². The van der Waals surface area contributed by atoms with Crippen molar-refractivity contribution in [1.82, 2.24) is 0 Å². The number of benzene rings is 2. The molecule has 0 saturated heterocycles. The molecule has 41 heavy (non-hydrogen) atoms. The van der Waals surface area contributed by atoms with E-state index in [1.807, 2.05) is 0 Å². The smallest absolute Gasteiger partial charge is 0.166 e. The van der Waals surface area contributed by atoms with Crippen LogP contribution in [0.25, 0.3) is 0 Å². The third-order valence-corrected chi connectivity index (χ3v) is 9.01. The van der Waals surface area contributed by atoms with Gasteiger partial charge in [-0.3, -0.25) is 0 Å². The van der Waals surface area contributed by atoms with Crippen LogP contribution in [-0.4, -0.2) is 0 Å². The van der Waals surface area contributed by atoms with Crippen molar-refractivity contribution >= 4 is 11.8 Å². The lowest BCUT2D eigenvalue weighted by Gasteiger charge is -2.20. The van der Waals surface area contributed by atoms with Crippen molar-refractivity contribution in [2.45, 2.75) is 113 Å². The van der Waals surface area contributed by atoms with E-state index in [1.54, 1.807) is 39.8 Å². The van der Waals surface area contributed by atoms with Crippen molar-refractivity contribution in [3.63, 3.8) is 0 Å². The van der Waals surface area contributed by atoms with Crippen molar-refractivity contribution in [1.29, 1.82) is 0 Å². The maximum Gasteiger partial charge on any atom is 0.417 e. The third-order valence-electron chi connectivity index (χ3n) is 7.93. The molecule has 2 aromatic carbocycles. The van der Waals surface area contributed by atoms with Crippen molar-refractivity contribution in [2.75, 3.05) is 0 Å². The highest BCUT2D eigenvalue weighted by Crippen LogP contribution is 2.45. The first-order chi connectivity index (χ1) is 19.2. The topological polar surface area (TPSA) is 0 Å². The van der Waals surface area contributed by atoms with Crippen LogP contribution in [-0.2, 0) is 12.4 Å². The predicted molar refractivity (Wildman–Crippen MR) is 153 cm³/mol. The Morgan fingerprint density at radius 2 is 0.951 bits per heavy atom. The summed E-state index contributed by atoms with van der Waals surface area (Å²) in [5, 5.41) is 0. The van der Waals surface area contributed by atoms with Crippen LogP contribution in [0, 0.1) is 35.5 Å². The van der Waals surface area contributed by atoms with Crippen LogP contribution in [0.1, 0.15) is 124 Å². The molecule has 0 aromatic heterocycles. The lowest BCUT2D eigenvalue weighted by atomic mass is 9.96. The van der Waals surface area contributed by atoms with E-state index < -0.39 is 23.5 Å². The van der Waals surface area contributed by atoms with Gasteiger partial charge in [-0.25, -0.2) is 0 Å². The van der Waals surface area contributed by atoms with Gasteiger partial charge in [-0.15, -0.1) is 0 Å². The summed E-state index contributed by atoms with van der Waals surface area (Å²) < 4.78 is 86.6. The molecule has 7 heteroatoms. The van der Waals surface area contributed by atoms with E-state index in [-0.39, 0.29) is 44.6 Å². The Bertz CT molecular complexity index is 1260. The molecule has 0 spiro atoms. The second-order valence-corrected chi connectivity index (χ2v) is 12.9. The molecule has 4 rings (SSSR count). The van der Waals surface area contributed by atoms with Crippen molar-refractivity contribution in [3.05, 3.63) is 57.6 Å². The minimum absolute atomic E-state index is 0.0210. The zero-order valence-corrected chi connectivity index (χ0v) is 24.8. The SMILES string of the molecule is CC(C)c1cc(Sc2cc(C(C)C)cc(C(F)(F)F)c2C#CC2CCCC2)c(C#CC2CCCC2)c(C(F)(F)F)c1. The standard InChI is InChI=1S/C34H36F6S/c1-21(2)25-17-29(33(35,36)37)27(15-13-23-9-5-6-10-23)31(19-25)41-32-20-26(22(3)4)18-30(34(38,39)40)28(32)16-14-24-11-7-8-12-24/h17-24H,5-12H2,1-4H3. The van der Waals surface area contributed by atoms with Gasteiger partial charge in [-0.2, -0.15) is 26.3 Å². The molecule has 0 atom stereocenters. The number of alkyl halides is 6. The first-order valence-electron chi connectivity index (χ1n) is 14.4. The number of rotatable bonds is 4. The summed E-state index contributed by atoms with van der Waals surface area (Å²) in [5.74, 6) is 11.4. The molecule has 0 N–H and O–H groups in total. The second kappa shape index (κ2) is 12.8. The van der Waals surface area contributed by atoms with Crippen molar-refractivity contribution in [2.24, 2.45) is 11.8 Å². The Morgan fingerprint density at radius 3 is 1.24 bits per heavy atom. The van der Waals surface area contributed by atoms with Gasteiger partial charge in [0.15, 0.2) is 0 Å². The van der Waals surface area contributed by atoms with Gasteiger partial charge < -0.3 is 0 Å². The molecular weight excluding hydrogens is 554 g/mol. The molecule has 0 heterocycles. The van der Waals surface area contributed by atoms with E-state index in [0.717, 1.165) is 75.3 Å². The average molecular weight is 591 g/mol. The Balaban J connectivity index is 1.96. The van der Waals surface area contributed by atoms with Gasteiger partial charge in [-0.1, -0.05) is 88.8 Å². The highest BCUT2D eigenvalue weighted by atomic mass is 32.2. The van der Waals surface area contributed by atoms with Gasteiger partial charge in [0.25, 0.3) is 0 Å². The average Bonchev–Trinajstić information content (AvgIpc) is 3.59. The maximum atomic E-state index is 14.4. The summed E-state index contributed by atoms with van der Waals surface area (Å²) in [5.41, 5.74) is -1.10. The minimum atomic E-state index is -4.66. The molecule has 2 aromatic rings. The molecule has 2 aliphatic carbocycles. The fourth-order valence-corrected chi connectivity index (χ4v) is 6.57. The van der Waals surface area contributed by atoms with Crippen molar-refractivity contribution < 1.29 is 26.3 Å². The molecule has 0 bridgehead atoms. The van der Waals surface area contributed by atoms with E-state index in [1.165, 1.54) is 0 Å². The van der Waals surface area contributed by atoms with Crippen molar-refractivity contribution in [3.8, 4) is 23.7 Å². The molecule has 0 aliphatic heterocycles. The third kappa shape index (κ3) is 7.86. The minimum Gasteiger partial charge on any atom is -0.166 e. The lowest BCUT2D eigenvalue weighted by Crippen LogP contribution is -2.12. The maximum absolute atomic E-state index is 14.4. The van der Waals surface area contributed by atoms with Gasteiger partial charge in [0.2, 0.25) is 0 Å². The zero-order valence-electron chi connectivity index (χ0n) is 24.0. The highest BCUT2D eigenvalue weighted by Gasteiger charge is 2.37. The second-order valence-electron chi connectivity index (χ2n) is 11.8. The predicted octanol–water partition coefficient (Wildman–Crippen LogP) is 11.2. The van der Waals surface area contributed by atoms with Crippen LogP contribution in [0.4, 0.5) is 26.3 Å². The number of halogens is 6. The van der Waals surface area contributed by atoms with Crippen LogP contribution >= 0.6 is 11.8 Å². The van der Waals surface area contributed by atoms with E-state index >= 15 is 0 Å². The highest BCUT2D eigenvalue weighted by molar-refractivity contribution is 7.99. The van der Waals surface area contributed by atoms with E-state index in [0.29, 0.717) is 11.1 Å². The normalized spacial score (nSPS) is 16.7. The molecular formula is C34H36F6S. The quantitative estimate of drug-likeness (QED) is 0.252. The fourth-order valence-electron chi connectivity index (χ4n) is 5.41. The Morgan fingerprint density at radius 1 is 0.610 bits per heavy atom. The fraction of sp³-hybridized carbons (Fsp3) is 0.529. The first kappa shape index (κ1) is 31.4. The molecule has 2 fully saturated rings. The molecule has 0 radical (unpaired) electrons. The van der Waals surface area contributed by atoms with E-state index in [9.17, 15) is 26.3 Å². The lowest BCUT2D eigenvalue weighted by molar-refractivity contribution is -0.138. The van der Waals surface area contributed by atoms with Gasteiger partial charge in [0, 0.05) is 21.6 Å². The van der Waals surface area contributed by atoms with Gasteiger partial charge in [0.05, 0.1) is 22.3 Å². The molecule has 0 amide bonds. The zero-order chi connectivity index (χ0) is 29.9. The summed E-state index contributed by atoms with van der Waals surface area (Å²) in [6.45, 7) is 7.20. The molecule has 2 aliphatic rings. The van der Waals surface area contributed by atoms with Gasteiger partial charge in [0.1, 0.15) is 0 Å². The van der Waals surface area contributed by atoms with Crippen LogP contribution < -0.4 is 0 Å². The monoisotopic (exact) mass is 590 g/mol. The van der Waals surface area contributed by atoms with Crippen LogP contribution in [0.3, 0.4) is 0 Å². The van der Waals surface area contributed by atoms with Crippen LogP contribution in [0.5, 0.6) is 0 Å². The Labute approximate surface area is 244 Å². The first-order valence-corrected chi connectivity index (χ1v) is 15.3. The van der Waals surface area contributed by atoms with Gasteiger partial charge in [-0.05, 0) is 72.9 Å². The number of hydrogen-bond acceptors (Lipinski definition) is 1.